The molecule has 0 aliphatic carbocycles. The zero-order valence-electron chi connectivity index (χ0n) is 11.8. The summed E-state index contributed by atoms with van der Waals surface area (Å²) in [6.07, 6.45) is 0. The highest BCUT2D eigenvalue weighted by molar-refractivity contribution is 5.93. The Morgan fingerprint density at radius 3 is 2.70 bits per heavy atom. The van der Waals surface area contributed by atoms with E-state index in [4.69, 9.17) is 5.11 Å². The summed E-state index contributed by atoms with van der Waals surface area (Å²) in [6, 6.07) is 4.16. The van der Waals surface area contributed by atoms with Gasteiger partial charge in [-0.05, 0) is 32.5 Å². The van der Waals surface area contributed by atoms with Gasteiger partial charge >= 0.3 is 0 Å². The first kappa shape index (κ1) is 16.1. The standard InChI is InChI=1S/C13H19N3O4/c1-9-6-11(16(19)20)4-5-12(9)14-13(18)7-15(3)10(2)8-17/h4-6,10,17H,7-8H2,1-3H3,(H,14,18). The Morgan fingerprint density at radius 1 is 1.55 bits per heavy atom. The van der Waals surface area contributed by atoms with Crippen molar-refractivity contribution in [1.82, 2.24) is 4.90 Å². The Balaban J connectivity index is 2.69. The molecule has 1 aromatic carbocycles. The van der Waals surface area contributed by atoms with Crippen LogP contribution in [0.1, 0.15) is 12.5 Å². The number of carbonyl (C=O) groups excluding carboxylic acids is 1. The van der Waals surface area contributed by atoms with Crippen LogP contribution in [-0.4, -0.2) is 47.1 Å². The molecule has 0 radical (unpaired) electrons. The molecule has 0 spiro atoms. The van der Waals surface area contributed by atoms with Crippen LogP contribution in [-0.2, 0) is 4.79 Å². The van der Waals surface area contributed by atoms with Crippen LogP contribution in [0, 0.1) is 17.0 Å². The van der Waals surface area contributed by atoms with Gasteiger partial charge in [0, 0.05) is 23.9 Å². The summed E-state index contributed by atoms with van der Waals surface area (Å²) in [5.41, 5.74) is 1.17. The number of hydrogen-bond acceptors (Lipinski definition) is 5. The molecule has 0 aromatic heterocycles. The van der Waals surface area contributed by atoms with Gasteiger partial charge in [-0.3, -0.25) is 19.8 Å². The van der Waals surface area contributed by atoms with Gasteiger partial charge in [0.1, 0.15) is 0 Å². The maximum atomic E-state index is 11.8. The van der Waals surface area contributed by atoms with Gasteiger partial charge in [-0.2, -0.15) is 0 Å². The summed E-state index contributed by atoms with van der Waals surface area (Å²) in [5, 5.41) is 22.3. The van der Waals surface area contributed by atoms with Gasteiger partial charge in [-0.25, -0.2) is 0 Å². The maximum absolute atomic E-state index is 11.8. The largest absolute Gasteiger partial charge is 0.395 e. The Hall–Kier alpha value is -1.99. The van der Waals surface area contributed by atoms with E-state index < -0.39 is 4.92 Å². The quantitative estimate of drug-likeness (QED) is 0.602. The molecule has 20 heavy (non-hydrogen) atoms. The van der Waals surface area contributed by atoms with Crippen molar-refractivity contribution in [3.8, 4) is 0 Å². The average Bonchev–Trinajstić information content (AvgIpc) is 2.39. The van der Waals surface area contributed by atoms with Gasteiger partial charge in [-0.1, -0.05) is 0 Å². The van der Waals surface area contributed by atoms with Gasteiger partial charge in [0.15, 0.2) is 0 Å². The second kappa shape index (κ2) is 6.97. The second-order valence-corrected chi connectivity index (χ2v) is 4.75. The number of nitro groups is 1. The van der Waals surface area contributed by atoms with E-state index >= 15 is 0 Å². The van der Waals surface area contributed by atoms with Gasteiger partial charge in [0.25, 0.3) is 5.69 Å². The SMILES string of the molecule is Cc1cc([N+](=O)[O-])ccc1NC(=O)CN(C)C(C)CO. The number of carbonyl (C=O) groups is 1. The van der Waals surface area contributed by atoms with Crippen LogP contribution in [0.2, 0.25) is 0 Å². The normalized spacial score (nSPS) is 12.2. The lowest BCUT2D eigenvalue weighted by Crippen LogP contribution is -2.38. The fraction of sp³-hybridized carbons (Fsp3) is 0.462. The molecule has 1 unspecified atom stereocenters. The van der Waals surface area contributed by atoms with Crippen LogP contribution in [0.3, 0.4) is 0 Å². The minimum atomic E-state index is -0.477. The highest BCUT2D eigenvalue weighted by Gasteiger charge is 2.14. The number of aryl methyl sites for hydroxylation is 1. The Morgan fingerprint density at radius 2 is 2.20 bits per heavy atom. The van der Waals surface area contributed by atoms with Crippen molar-refractivity contribution in [2.24, 2.45) is 0 Å². The van der Waals surface area contributed by atoms with Crippen LogP contribution in [0.15, 0.2) is 18.2 Å². The molecule has 0 saturated carbocycles. The van der Waals surface area contributed by atoms with Crippen LogP contribution >= 0.6 is 0 Å². The second-order valence-electron chi connectivity index (χ2n) is 4.75. The number of nitro benzene ring substituents is 1. The van der Waals surface area contributed by atoms with Gasteiger partial charge < -0.3 is 10.4 Å². The topological polar surface area (TPSA) is 95.7 Å². The number of rotatable bonds is 6. The number of benzene rings is 1. The summed E-state index contributed by atoms with van der Waals surface area (Å²) >= 11 is 0. The molecule has 0 aliphatic rings. The lowest BCUT2D eigenvalue weighted by atomic mass is 10.2. The molecule has 7 nitrogen and oxygen atoms in total. The summed E-state index contributed by atoms with van der Waals surface area (Å²) in [4.78, 5) is 23.7. The molecule has 110 valence electrons. The third-order valence-electron chi connectivity index (χ3n) is 3.10. The number of anilines is 1. The predicted octanol–water partition coefficient (Wildman–Crippen LogP) is 1.15. The minimum Gasteiger partial charge on any atom is -0.395 e. The van der Waals surface area contributed by atoms with E-state index in [1.54, 1.807) is 18.9 Å². The van der Waals surface area contributed by atoms with Crippen molar-refractivity contribution in [3.05, 3.63) is 33.9 Å². The molecule has 1 aromatic rings. The van der Waals surface area contributed by atoms with Crippen molar-refractivity contribution in [2.75, 3.05) is 25.5 Å². The van der Waals surface area contributed by atoms with Crippen molar-refractivity contribution in [2.45, 2.75) is 19.9 Å². The third kappa shape index (κ3) is 4.29. The summed E-state index contributed by atoms with van der Waals surface area (Å²) in [5.74, 6) is -0.232. The number of amides is 1. The van der Waals surface area contributed by atoms with E-state index in [-0.39, 0.29) is 30.8 Å². The fourth-order valence-electron chi connectivity index (χ4n) is 1.61. The number of hydrogen-bond donors (Lipinski definition) is 2. The van der Waals surface area contributed by atoms with Crippen LogP contribution in [0.25, 0.3) is 0 Å². The lowest BCUT2D eigenvalue weighted by Gasteiger charge is -2.22. The van der Waals surface area contributed by atoms with Crippen molar-refractivity contribution in [1.29, 1.82) is 0 Å². The first-order valence-corrected chi connectivity index (χ1v) is 6.21. The number of non-ortho nitro benzene ring substituents is 1. The van der Waals surface area contributed by atoms with Crippen LogP contribution in [0.5, 0.6) is 0 Å². The first-order valence-electron chi connectivity index (χ1n) is 6.21. The van der Waals surface area contributed by atoms with E-state index in [0.717, 1.165) is 0 Å². The molecule has 2 N–H and O–H groups in total. The molecule has 7 heteroatoms. The Labute approximate surface area is 117 Å². The number of likely N-dealkylation sites (N-methyl/N-ethyl adjacent to an activating group) is 1. The minimum absolute atomic E-state index is 0.00785. The van der Waals surface area contributed by atoms with E-state index in [1.165, 1.54) is 18.2 Å². The Bertz CT molecular complexity index is 504. The summed E-state index contributed by atoms with van der Waals surface area (Å²) < 4.78 is 0. The number of aliphatic hydroxyl groups excluding tert-OH is 1. The van der Waals surface area contributed by atoms with Crippen molar-refractivity contribution < 1.29 is 14.8 Å². The fourth-order valence-corrected chi connectivity index (χ4v) is 1.61. The molecule has 0 heterocycles. The van der Waals surface area contributed by atoms with Gasteiger partial charge in [0.05, 0.1) is 18.1 Å². The predicted molar refractivity (Wildman–Crippen MR) is 75.6 cm³/mol. The first-order chi connectivity index (χ1) is 9.35. The molecule has 0 aliphatic heterocycles. The van der Waals surface area contributed by atoms with E-state index in [2.05, 4.69) is 5.32 Å². The Kier molecular flexibility index (Phi) is 5.60. The van der Waals surface area contributed by atoms with Crippen LogP contribution in [0.4, 0.5) is 11.4 Å². The summed E-state index contributed by atoms with van der Waals surface area (Å²) in [6.45, 7) is 3.62. The zero-order valence-corrected chi connectivity index (χ0v) is 11.8. The van der Waals surface area contributed by atoms with Gasteiger partial charge in [0.2, 0.25) is 5.91 Å². The van der Waals surface area contributed by atoms with Crippen LogP contribution < -0.4 is 5.32 Å². The molecule has 0 bridgehead atoms. The van der Waals surface area contributed by atoms with E-state index in [9.17, 15) is 14.9 Å². The number of aliphatic hydroxyl groups is 1. The lowest BCUT2D eigenvalue weighted by molar-refractivity contribution is -0.384. The summed E-state index contributed by atoms with van der Waals surface area (Å²) in [7, 11) is 1.74. The molecule has 1 atom stereocenters. The highest BCUT2D eigenvalue weighted by Crippen LogP contribution is 2.21. The smallest absolute Gasteiger partial charge is 0.269 e. The molecule has 0 fully saturated rings. The highest BCUT2D eigenvalue weighted by atomic mass is 16.6. The van der Waals surface area contributed by atoms with E-state index in [1.807, 2.05) is 6.92 Å². The maximum Gasteiger partial charge on any atom is 0.269 e. The molecular formula is C13H19N3O4. The van der Waals surface area contributed by atoms with E-state index in [0.29, 0.717) is 11.3 Å². The molecule has 1 rings (SSSR count). The van der Waals surface area contributed by atoms with Gasteiger partial charge in [-0.15, -0.1) is 0 Å². The monoisotopic (exact) mass is 281 g/mol. The molecular weight excluding hydrogens is 262 g/mol. The third-order valence-corrected chi connectivity index (χ3v) is 3.10. The van der Waals surface area contributed by atoms with Crippen molar-refractivity contribution in [3.63, 3.8) is 0 Å². The average molecular weight is 281 g/mol. The number of nitrogens with one attached hydrogen (secondary N) is 1. The molecule has 1 amide bonds. The zero-order chi connectivity index (χ0) is 15.3. The number of nitrogens with zero attached hydrogens (tertiary/aromatic N) is 2. The van der Waals surface area contributed by atoms with Crippen molar-refractivity contribution >= 4 is 17.3 Å². The molecule has 0 saturated heterocycles.